The maximum Gasteiger partial charge on any atom is 0.260 e. The average Bonchev–Trinajstić information content (AvgIpc) is 3.26. The van der Waals surface area contributed by atoms with Gasteiger partial charge in [0.15, 0.2) is 5.13 Å². The molecule has 31 heavy (non-hydrogen) atoms. The highest BCUT2D eigenvalue weighted by molar-refractivity contribution is 7.22. The Morgan fingerprint density at radius 2 is 1.87 bits per heavy atom. The van der Waals surface area contributed by atoms with Crippen LogP contribution in [0.5, 0.6) is 0 Å². The molecule has 1 aliphatic heterocycles. The van der Waals surface area contributed by atoms with Crippen molar-refractivity contribution in [2.45, 2.75) is 20.3 Å². The average molecular weight is 435 g/mol. The Labute approximate surface area is 186 Å². The molecule has 3 aromatic rings. The molecule has 0 aliphatic carbocycles. The van der Waals surface area contributed by atoms with Gasteiger partial charge < -0.3 is 4.74 Å². The molecule has 1 saturated heterocycles. The van der Waals surface area contributed by atoms with Crippen LogP contribution in [0.4, 0.5) is 5.13 Å². The molecule has 1 amide bonds. The summed E-state index contributed by atoms with van der Waals surface area (Å²) in [4.78, 5) is 22.5. The van der Waals surface area contributed by atoms with E-state index in [0.29, 0.717) is 17.7 Å². The SMILES string of the molecule is Cc1ccc(C)c2sc(N(CCCN3CCOCC3)C(=O)c3ccc(C#N)cc3)nc12. The summed E-state index contributed by atoms with van der Waals surface area (Å²) in [5, 5.41) is 9.79. The first-order valence-electron chi connectivity index (χ1n) is 10.6. The van der Waals surface area contributed by atoms with Crippen molar-refractivity contribution >= 4 is 32.6 Å². The van der Waals surface area contributed by atoms with Crippen LogP contribution in [-0.4, -0.2) is 55.2 Å². The molecule has 4 rings (SSSR count). The lowest BCUT2D eigenvalue weighted by Crippen LogP contribution is -2.39. The van der Waals surface area contributed by atoms with Gasteiger partial charge in [0, 0.05) is 31.7 Å². The number of fused-ring (bicyclic) bond motifs is 1. The van der Waals surface area contributed by atoms with Crippen molar-refractivity contribution in [2.75, 3.05) is 44.3 Å². The third-order valence-corrected chi connectivity index (χ3v) is 6.84. The molecule has 2 heterocycles. The fraction of sp³-hybridized carbons (Fsp3) is 0.375. The van der Waals surface area contributed by atoms with Gasteiger partial charge in [0.25, 0.3) is 5.91 Å². The number of carbonyl (C=O) groups is 1. The number of ether oxygens (including phenoxy) is 1. The van der Waals surface area contributed by atoms with Crippen molar-refractivity contribution in [3.8, 4) is 6.07 Å². The molecular weight excluding hydrogens is 408 g/mol. The Morgan fingerprint density at radius 3 is 2.55 bits per heavy atom. The van der Waals surface area contributed by atoms with Gasteiger partial charge in [-0.05, 0) is 55.7 Å². The zero-order valence-electron chi connectivity index (χ0n) is 17.9. The first kappa shape index (κ1) is 21.4. The normalized spacial score (nSPS) is 14.5. The second-order valence-corrected chi connectivity index (χ2v) is 8.80. The Hall–Kier alpha value is -2.79. The number of benzene rings is 2. The molecule has 1 aromatic heterocycles. The maximum atomic E-state index is 13.4. The number of aryl methyl sites for hydroxylation is 2. The van der Waals surface area contributed by atoms with Crippen LogP contribution >= 0.6 is 11.3 Å². The van der Waals surface area contributed by atoms with Crippen molar-refractivity contribution in [3.05, 3.63) is 58.7 Å². The van der Waals surface area contributed by atoms with Gasteiger partial charge in [0.05, 0.1) is 35.1 Å². The summed E-state index contributed by atoms with van der Waals surface area (Å²) in [6, 6.07) is 13.1. The van der Waals surface area contributed by atoms with E-state index in [4.69, 9.17) is 15.0 Å². The second kappa shape index (κ2) is 9.56. The van der Waals surface area contributed by atoms with Crippen molar-refractivity contribution in [1.29, 1.82) is 5.26 Å². The summed E-state index contributed by atoms with van der Waals surface area (Å²) in [6.45, 7) is 9.05. The van der Waals surface area contributed by atoms with Gasteiger partial charge >= 0.3 is 0 Å². The standard InChI is InChI=1S/C24H26N4O2S/c1-17-4-5-18(2)22-21(17)26-24(31-22)28(11-3-10-27-12-14-30-15-13-27)23(29)20-8-6-19(16-25)7-9-20/h4-9H,3,10-15H2,1-2H3. The number of nitrogens with zero attached hydrogens (tertiary/aromatic N) is 4. The van der Waals surface area contributed by atoms with Crippen molar-refractivity contribution in [1.82, 2.24) is 9.88 Å². The minimum atomic E-state index is -0.0826. The van der Waals surface area contributed by atoms with E-state index in [-0.39, 0.29) is 5.91 Å². The van der Waals surface area contributed by atoms with E-state index in [1.807, 2.05) is 0 Å². The third kappa shape index (κ3) is 4.77. The number of aromatic nitrogens is 1. The number of nitriles is 1. The lowest BCUT2D eigenvalue weighted by molar-refractivity contribution is 0.0376. The van der Waals surface area contributed by atoms with E-state index >= 15 is 0 Å². The van der Waals surface area contributed by atoms with Gasteiger partial charge in [-0.2, -0.15) is 5.26 Å². The molecule has 0 radical (unpaired) electrons. The fourth-order valence-electron chi connectivity index (χ4n) is 3.77. The van der Waals surface area contributed by atoms with Crippen LogP contribution in [0.3, 0.4) is 0 Å². The number of hydrogen-bond donors (Lipinski definition) is 0. The molecule has 7 heteroatoms. The van der Waals surface area contributed by atoms with E-state index < -0.39 is 0 Å². The van der Waals surface area contributed by atoms with E-state index in [0.717, 1.165) is 60.2 Å². The quantitative estimate of drug-likeness (QED) is 0.583. The highest BCUT2D eigenvalue weighted by Crippen LogP contribution is 2.33. The Bertz CT molecular complexity index is 1070. The first-order valence-corrected chi connectivity index (χ1v) is 11.4. The van der Waals surface area contributed by atoms with Crippen LogP contribution in [-0.2, 0) is 4.74 Å². The van der Waals surface area contributed by atoms with Crippen molar-refractivity contribution in [2.24, 2.45) is 0 Å². The lowest BCUT2D eigenvalue weighted by Gasteiger charge is -2.27. The van der Waals surface area contributed by atoms with Crippen LogP contribution in [0.15, 0.2) is 36.4 Å². The van der Waals surface area contributed by atoms with Gasteiger partial charge in [-0.1, -0.05) is 23.5 Å². The summed E-state index contributed by atoms with van der Waals surface area (Å²) < 4.78 is 6.56. The lowest BCUT2D eigenvalue weighted by atomic mass is 10.1. The maximum absolute atomic E-state index is 13.4. The molecule has 0 spiro atoms. The van der Waals surface area contributed by atoms with Crippen LogP contribution in [0.2, 0.25) is 0 Å². The molecule has 0 N–H and O–H groups in total. The summed E-state index contributed by atoms with van der Waals surface area (Å²) in [6.07, 6.45) is 0.857. The number of rotatable bonds is 6. The molecule has 1 fully saturated rings. The second-order valence-electron chi connectivity index (χ2n) is 7.83. The van der Waals surface area contributed by atoms with Gasteiger partial charge in [-0.3, -0.25) is 14.6 Å². The Morgan fingerprint density at radius 1 is 1.16 bits per heavy atom. The largest absolute Gasteiger partial charge is 0.379 e. The molecule has 0 saturated carbocycles. The van der Waals surface area contributed by atoms with E-state index in [1.54, 1.807) is 40.5 Å². The molecule has 1 aliphatic rings. The van der Waals surface area contributed by atoms with Crippen molar-refractivity contribution in [3.63, 3.8) is 0 Å². The molecule has 0 unspecified atom stereocenters. The number of hydrogen-bond acceptors (Lipinski definition) is 6. The van der Waals surface area contributed by atoms with E-state index in [1.165, 1.54) is 5.56 Å². The minimum absolute atomic E-state index is 0.0826. The molecule has 2 aromatic carbocycles. The monoisotopic (exact) mass is 434 g/mol. The molecular formula is C24H26N4O2S. The number of thiazole rings is 1. The molecule has 160 valence electrons. The zero-order valence-corrected chi connectivity index (χ0v) is 18.7. The predicted molar refractivity (Wildman–Crippen MR) is 124 cm³/mol. The highest BCUT2D eigenvalue weighted by Gasteiger charge is 2.22. The van der Waals surface area contributed by atoms with Gasteiger partial charge in [-0.25, -0.2) is 4.98 Å². The third-order valence-electron chi connectivity index (χ3n) is 5.63. The summed E-state index contributed by atoms with van der Waals surface area (Å²) in [5.74, 6) is -0.0826. The fourth-order valence-corrected chi connectivity index (χ4v) is 4.90. The number of carbonyl (C=O) groups excluding carboxylic acids is 1. The van der Waals surface area contributed by atoms with Gasteiger partial charge in [0.2, 0.25) is 0 Å². The zero-order chi connectivity index (χ0) is 21.8. The van der Waals surface area contributed by atoms with E-state index in [2.05, 4.69) is 36.9 Å². The number of amides is 1. The summed E-state index contributed by atoms with van der Waals surface area (Å²) in [7, 11) is 0. The van der Waals surface area contributed by atoms with Crippen LogP contribution in [0.25, 0.3) is 10.2 Å². The van der Waals surface area contributed by atoms with Crippen LogP contribution < -0.4 is 4.90 Å². The first-order chi connectivity index (χ1) is 15.1. The Kier molecular flexibility index (Phi) is 6.62. The van der Waals surface area contributed by atoms with Crippen LogP contribution in [0.1, 0.15) is 33.5 Å². The van der Waals surface area contributed by atoms with Crippen molar-refractivity contribution < 1.29 is 9.53 Å². The minimum Gasteiger partial charge on any atom is -0.379 e. The van der Waals surface area contributed by atoms with Gasteiger partial charge in [0.1, 0.15) is 0 Å². The van der Waals surface area contributed by atoms with Gasteiger partial charge in [-0.15, -0.1) is 0 Å². The number of anilines is 1. The predicted octanol–water partition coefficient (Wildman–Crippen LogP) is 4.15. The smallest absolute Gasteiger partial charge is 0.260 e. The molecule has 0 atom stereocenters. The highest BCUT2D eigenvalue weighted by atomic mass is 32.1. The summed E-state index contributed by atoms with van der Waals surface area (Å²) >= 11 is 1.57. The summed E-state index contributed by atoms with van der Waals surface area (Å²) in [5.41, 5.74) is 4.36. The topological polar surface area (TPSA) is 69.5 Å². The molecule has 0 bridgehead atoms. The Balaban J connectivity index is 1.61. The molecule has 6 nitrogen and oxygen atoms in total. The number of morpholine rings is 1. The van der Waals surface area contributed by atoms with E-state index in [9.17, 15) is 4.79 Å². The van der Waals surface area contributed by atoms with Crippen LogP contribution in [0, 0.1) is 25.2 Å².